The van der Waals surface area contributed by atoms with E-state index in [1.54, 1.807) is 0 Å². The summed E-state index contributed by atoms with van der Waals surface area (Å²) in [6.45, 7) is 1.10. The Balaban J connectivity index is 1.60. The second kappa shape index (κ2) is 4.34. The van der Waals surface area contributed by atoms with E-state index in [0.717, 1.165) is 46.5 Å². The summed E-state index contributed by atoms with van der Waals surface area (Å²) < 4.78 is 3.15. The van der Waals surface area contributed by atoms with Gasteiger partial charge in [0.1, 0.15) is 4.64 Å². The number of hydrogen-bond acceptors (Lipinski definition) is 2. The van der Waals surface area contributed by atoms with Crippen LogP contribution >= 0.6 is 12.2 Å². The molecule has 5 rings (SSSR count). The van der Waals surface area contributed by atoms with Crippen LogP contribution < -0.4 is 5.73 Å². The largest absolute Gasteiger partial charge is 0.398 e. The molecule has 0 amide bonds. The minimum atomic E-state index is 0.831. The van der Waals surface area contributed by atoms with Gasteiger partial charge in [-0.15, -0.1) is 0 Å². The van der Waals surface area contributed by atoms with E-state index in [9.17, 15) is 0 Å². The Bertz CT molecular complexity index is 520. The number of nitrogens with two attached hydrogens (primary N) is 1. The molecular formula is C16H22N2S. The highest BCUT2D eigenvalue weighted by molar-refractivity contribution is 7.71. The Morgan fingerprint density at radius 3 is 2.32 bits per heavy atom. The van der Waals surface area contributed by atoms with Crippen molar-refractivity contribution in [1.29, 1.82) is 0 Å². The third-order valence-electron chi connectivity index (χ3n) is 5.84. The van der Waals surface area contributed by atoms with Gasteiger partial charge in [0.25, 0.3) is 0 Å². The number of hydrogen-bond donors (Lipinski definition) is 1. The van der Waals surface area contributed by atoms with Crippen molar-refractivity contribution >= 4 is 17.9 Å². The highest BCUT2D eigenvalue weighted by Gasteiger charge is 2.47. The summed E-state index contributed by atoms with van der Waals surface area (Å²) in [4.78, 5) is 0. The van der Waals surface area contributed by atoms with Gasteiger partial charge in [0.2, 0.25) is 0 Å². The van der Waals surface area contributed by atoms with Crippen molar-refractivity contribution in [2.24, 2.45) is 29.6 Å². The lowest BCUT2D eigenvalue weighted by atomic mass is 9.52. The first kappa shape index (κ1) is 12.0. The SMILES string of the molecule is Nc1ccc(=S)n(CC2C3CC4CC(C3)CC2C4)c1. The first-order chi connectivity index (χ1) is 9.19. The molecule has 0 spiro atoms. The van der Waals surface area contributed by atoms with Gasteiger partial charge in [-0.1, -0.05) is 12.2 Å². The molecule has 0 atom stereocenters. The van der Waals surface area contributed by atoms with Crippen molar-refractivity contribution in [2.75, 3.05) is 5.73 Å². The fraction of sp³-hybridized carbons (Fsp3) is 0.688. The molecule has 0 aliphatic heterocycles. The van der Waals surface area contributed by atoms with Crippen LogP contribution in [0.2, 0.25) is 0 Å². The lowest BCUT2D eigenvalue weighted by Gasteiger charge is -2.54. The standard InChI is InChI=1S/C16H22N2S/c17-14-1-2-16(19)18(8-14)9-15-12-4-10-3-11(6-12)7-13(15)5-10/h1-2,8,10-13,15H,3-7,9,17H2. The molecule has 3 heteroatoms. The van der Waals surface area contributed by atoms with Crippen molar-refractivity contribution in [3.63, 3.8) is 0 Å². The van der Waals surface area contributed by atoms with Gasteiger partial charge in [-0.25, -0.2) is 0 Å². The maximum Gasteiger partial charge on any atom is 0.105 e. The molecule has 4 fully saturated rings. The summed E-state index contributed by atoms with van der Waals surface area (Å²) in [7, 11) is 0. The smallest absolute Gasteiger partial charge is 0.105 e. The minimum absolute atomic E-state index is 0.831. The third-order valence-corrected chi connectivity index (χ3v) is 6.21. The van der Waals surface area contributed by atoms with Crippen LogP contribution in [0.4, 0.5) is 5.69 Å². The topological polar surface area (TPSA) is 30.9 Å². The molecule has 0 saturated heterocycles. The number of aromatic nitrogens is 1. The predicted octanol–water partition coefficient (Wildman–Crippen LogP) is 3.87. The van der Waals surface area contributed by atoms with E-state index in [0.29, 0.717) is 0 Å². The molecule has 4 aliphatic rings. The Morgan fingerprint density at radius 1 is 1.05 bits per heavy atom. The fourth-order valence-corrected chi connectivity index (χ4v) is 5.45. The molecule has 19 heavy (non-hydrogen) atoms. The van der Waals surface area contributed by atoms with Crippen LogP contribution in [0.1, 0.15) is 32.1 Å². The van der Waals surface area contributed by atoms with Gasteiger partial charge in [-0.3, -0.25) is 0 Å². The highest BCUT2D eigenvalue weighted by atomic mass is 32.1. The van der Waals surface area contributed by atoms with Crippen molar-refractivity contribution < 1.29 is 0 Å². The van der Waals surface area contributed by atoms with Crippen LogP contribution in [-0.4, -0.2) is 4.57 Å². The van der Waals surface area contributed by atoms with Gasteiger partial charge in [-0.2, -0.15) is 0 Å². The molecular weight excluding hydrogens is 252 g/mol. The molecule has 102 valence electrons. The maximum atomic E-state index is 5.91. The molecule has 4 bridgehead atoms. The Kier molecular flexibility index (Phi) is 2.73. The first-order valence-corrected chi connectivity index (χ1v) is 8.06. The van der Waals surface area contributed by atoms with Gasteiger partial charge < -0.3 is 10.3 Å². The van der Waals surface area contributed by atoms with Gasteiger partial charge in [0, 0.05) is 18.4 Å². The second-order valence-corrected chi connectivity index (χ2v) is 7.47. The van der Waals surface area contributed by atoms with E-state index >= 15 is 0 Å². The van der Waals surface area contributed by atoms with Crippen LogP contribution in [0.25, 0.3) is 0 Å². The Hall–Kier alpha value is -0.830. The molecule has 0 aromatic carbocycles. The monoisotopic (exact) mass is 274 g/mol. The lowest BCUT2D eigenvalue weighted by molar-refractivity contribution is -0.0431. The van der Waals surface area contributed by atoms with Crippen molar-refractivity contribution in [3.05, 3.63) is 23.0 Å². The fourth-order valence-electron chi connectivity index (χ4n) is 5.26. The number of anilines is 1. The quantitative estimate of drug-likeness (QED) is 0.830. The van der Waals surface area contributed by atoms with Crippen LogP contribution in [0.5, 0.6) is 0 Å². The summed E-state index contributed by atoms with van der Waals surface area (Å²) in [5.74, 6) is 4.86. The highest BCUT2D eigenvalue weighted by Crippen LogP contribution is 2.56. The molecule has 4 aliphatic carbocycles. The molecule has 0 unspecified atom stereocenters. The molecule has 2 nitrogen and oxygen atoms in total. The van der Waals surface area contributed by atoms with E-state index < -0.39 is 0 Å². The molecule has 1 aromatic heterocycles. The van der Waals surface area contributed by atoms with Crippen molar-refractivity contribution in [3.8, 4) is 0 Å². The van der Waals surface area contributed by atoms with Crippen molar-refractivity contribution in [2.45, 2.75) is 38.6 Å². The summed E-state index contributed by atoms with van der Waals surface area (Å²) in [6, 6.07) is 3.89. The van der Waals surface area contributed by atoms with E-state index in [2.05, 4.69) is 4.57 Å². The molecule has 1 heterocycles. The summed E-state index contributed by atoms with van der Waals surface area (Å²) >= 11 is 5.45. The normalized spacial score (nSPS) is 39.7. The second-order valence-electron chi connectivity index (χ2n) is 7.05. The van der Waals surface area contributed by atoms with Crippen LogP contribution in [0.3, 0.4) is 0 Å². The first-order valence-electron chi connectivity index (χ1n) is 7.65. The van der Waals surface area contributed by atoms with Crippen LogP contribution in [0, 0.1) is 34.2 Å². The van der Waals surface area contributed by atoms with Crippen LogP contribution in [-0.2, 0) is 6.54 Å². The number of nitrogen functional groups attached to an aromatic ring is 1. The van der Waals surface area contributed by atoms with Crippen molar-refractivity contribution in [1.82, 2.24) is 4.57 Å². The lowest BCUT2D eigenvalue weighted by Crippen LogP contribution is -2.46. The minimum Gasteiger partial charge on any atom is -0.398 e. The zero-order valence-electron chi connectivity index (χ0n) is 11.3. The number of rotatable bonds is 2. The molecule has 0 radical (unpaired) electrons. The van der Waals surface area contributed by atoms with E-state index in [-0.39, 0.29) is 0 Å². The van der Waals surface area contributed by atoms with E-state index in [4.69, 9.17) is 18.0 Å². The predicted molar refractivity (Wildman–Crippen MR) is 80.2 cm³/mol. The maximum absolute atomic E-state index is 5.91. The van der Waals surface area contributed by atoms with E-state index in [1.165, 1.54) is 32.1 Å². The summed E-state index contributed by atoms with van der Waals surface area (Å²) in [6.07, 6.45) is 9.48. The Labute approximate surface area is 120 Å². The number of nitrogens with zero attached hydrogens (tertiary/aromatic N) is 1. The van der Waals surface area contributed by atoms with Gasteiger partial charge in [0.15, 0.2) is 0 Å². The average Bonchev–Trinajstić information content (AvgIpc) is 2.37. The Morgan fingerprint density at radius 2 is 1.68 bits per heavy atom. The molecule has 2 N–H and O–H groups in total. The zero-order valence-corrected chi connectivity index (χ0v) is 12.1. The van der Waals surface area contributed by atoms with E-state index in [1.807, 2.05) is 18.3 Å². The average molecular weight is 274 g/mol. The van der Waals surface area contributed by atoms with Gasteiger partial charge in [-0.05, 0) is 73.8 Å². The number of pyridine rings is 1. The summed E-state index contributed by atoms with van der Waals surface area (Å²) in [5, 5.41) is 0. The van der Waals surface area contributed by atoms with Gasteiger partial charge >= 0.3 is 0 Å². The molecule has 4 saturated carbocycles. The third kappa shape index (κ3) is 2.03. The zero-order chi connectivity index (χ0) is 13.0. The van der Waals surface area contributed by atoms with Crippen LogP contribution in [0.15, 0.2) is 18.3 Å². The molecule has 1 aromatic rings. The summed E-state index contributed by atoms with van der Waals surface area (Å²) in [5.41, 5.74) is 6.74. The van der Waals surface area contributed by atoms with Gasteiger partial charge in [0.05, 0.1) is 0 Å².